The molecular weight excluding hydrogens is 384 g/mol. The predicted molar refractivity (Wildman–Crippen MR) is 108 cm³/mol. The Bertz CT molecular complexity index is 1020. The number of piperidine rings is 1. The van der Waals surface area contributed by atoms with E-state index in [1.54, 1.807) is 51.5 Å². The number of oxazole rings is 1. The van der Waals surface area contributed by atoms with Crippen LogP contribution in [0.1, 0.15) is 60.9 Å². The van der Waals surface area contributed by atoms with Crippen LogP contribution in [-0.4, -0.2) is 53.5 Å². The van der Waals surface area contributed by atoms with Crippen molar-refractivity contribution in [3.63, 3.8) is 0 Å². The Kier molecular flexibility index (Phi) is 5.38. The van der Waals surface area contributed by atoms with Crippen LogP contribution >= 0.6 is 0 Å². The molecule has 4 heterocycles. The van der Waals surface area contributed by atoms with Gasteiger partial charge >= 0.3 is 0 Å². The van der Waals surface area contributed by atoms with E-state index in [1.165, 1.54) is 4.80 Å². The van der Waals surface area contributed by atoms with Gasteiger partial charge in [-0.2, -0.15) is 10.2 Å². The molecule has 158 valence electrons. The topological polar surface area (TPSA) is 110 Å². The Morgan fingerprint density at radius 3 is 2.73 bits per heavy atom. The number of pyridine rings is 1. The van der Waals surface area contributed by atoms with Crippen molar-refractivity contribution < 1.29 is 14.3 Å². The molecule has 1 amide bonds. The van der Waals surface area contributed by atoms with Gasteiger partial charge in [-0.25, -0.2) is 9.97 Å². The molecule has 1 unspecified atom stereocenters. The van der Waals surface area contributed by atoms with E-state index in [4.69, 9.17) is 4.42 Å². The number of hydrogen-bond donors (Lipinski definition) is 1. The molecule has 1 fully saturated rings. The highest BCUT2D eigenvalue weighted by atomic mass is 16.4. The lowest BCUT2D eigenvalue weighted by atomic mass is 9.98. The maximum absolute atomic E-state index is 13.5. The summed E-state index contributed by atoms with van der Waals surface area (Å²) in [5.74, 6) is 0.978. The van der Waals surface area contributed by atoms with Crippen molar-refractivity contribution in [2.75, 3.05) is 6.54 Å². The molecule has 3 aromatic rings. The summed E-state index contributed by atoms with van der Waals surface area (Å²) >= 11 is 0. The fraction of sp³-hybridized carbons (Fsp3) is 0.476. The van der Waals surface area contributed by atoms with Gasteiger partial charge in [0.25, 0.3) is 5.91 Å². The molecule has 30 heavy (non-hydrogen) atoms. The maximum atomic E-state index is 13.5. The fourth-order valence-corrected chi connectivity index (χ4v) is 3.99. The summed E-state index contributed by atoms with van der Waals surface area (Å²) in [5, 5.41) is 18.6. The third-order valence-electron chi connectivity index (χ3n) is 5.34. The zero-order valence-corrected chi connectivity index (χ0v) is 17.4. The Labute approximate surface area is 174 Å². The SMILES string of the molecule is Cc1oc(CC2CCCCN2C(=O)c2ncccc2-n2nccn2)nc1C(C)(C)O. The monoisotopic (exact) mass is 410 g/mol. The van der Waals surface area contributed by atoms with Gasteiger partial charge in [-0.05, 0) is 52.2 Å². The molecular formula is C21H26N6O3. The summed E-state index contributed by atoms with van der Waals surface area (Å²) < 4.78 is 5.81. The molecule has 0 spiro atoms. The smallest absolute Gasteiger partial charge is 0.275 e. The Morgan fingerprint density at radius 1 is 1.27 bits per heavy atom. The van der Waals surface area contributed by atoms with Gasteiger partial charge in [-0.3, -0.25) is 4.79 Å². The zero-order chi connectivity index (χ0) is 21.3. The first-order valence-electron chi connectivity index (χ1n) is 10.2. The van der Waals surface area contributed by atoms with Gasteiger partial charge < -0.3 is 14.4 Å². The van der Waals surface area contributed by atoms with Crippen LogP contribution in [0.15, 0.2) is 35.1 Å². The lowest BCUT2D eigenvalue weighted by Gasteiger charge is -2.35. The first-order valence-corrected chi connectivity index (χ1v) is 10.2. The van der Waals surface area contributed by atoms with Crippen LogP contribution in [0.2, 0.25) is 0 Å². The number of aryl methyl sites for hydroxylation is 1. The molecule has 0 aromatic carbocycles. The molecule has 9 nitrogen and oxygen atoms in total. The molecule has 1 aliphatic rings. The first kappa shape index (κ1) is 20.2. The zero-order valence-electron chi connectivity index (χ0n) is 17.4. The molecule has 1 aliphatic heterocycles. The highest BCUT2D eigenvalue weighted by Crippen LogP contribution is 2.27. The molecule has 9 heteroatoms. The minimum Gasteiger partial charge on any atom is -0.446 e. The largest absolute Gasteiger partial charge is 0.446 e. The first-order chi connectivity index (χ1) is 14.3. The molecule has 0 saturated carbocycles. The molecule has 3 aromatic heterocycles. The summed E-state index contributed by atoms with van der Waals surface area (Å²) in [6, 6.07) is 3.49. The Morgan fingerprint density at radius 2 is 2.03 bits per heavy atom. The third kappa shape index (κ3) is 3.97. The molecule has 0 bridgehead atoms. The number of rotatable bonds is 5. The van der Waals surface area contributed by atoms with E-state index in [0.717, 1.165) is 19.3 Å². The summed E-state index contributed by atoms with van der Waals surface area (Å²) in [6.45, 7) is 5.81. The third-order valence-corrected chi connectivity index (χ3v) is 5.34. The molecule has 4 rings (SSSR count). The highest BCUT2D eigenvalue weighted by Gasteiger charge is 2.32. The van der Waals surface area contributed by atoms with Gasteiger partial charge in [-0.15, -0.1) is 4.80 Å². The van der Waals surface area contributed by atoms with Crippen LogP contribution < -0.4 is 0 Å². The quantitative estimate of drug-likeness (QED) is 0.688. The second-order valence-corrected chi connectivity index (χ2v) is 8.11. The number of carbonyl (C=O) groups is 1. The van der Waals surface area contributed by atoms with Crippen molar-refractivity contribution in [2.45, 2.75) is 58.1 Å². The van der Waals surface area contributed by atoms with Crippen LogP contribution in [-0.2, 0) is 12.0 Å². The second-order valence-electron chi connectivity index (χ2n) is 8.11. The average Bonchev–Trinajstić information content (AvgIpc) is 3.37. The van der Waals surface area contributed by atoms with E-state index >= 15 is 0 Å². The van der Waals surface area contributed by atoms with Crippen molar-refractivity contribution in [2.24, 2.45) is 0 Å². The summed E-state index contributed by atoms with van der Waals surface area (Å²) in [7, 11) is 0. The van der Waals surface area contributed by atoms with E-state index < -0.39 is 5.60 Å². The lowest BCUT2D eigenvalue weighted by Crippen LogP contribution is -2.45. The average molecular weight is 410 g/mol. The predicted octanol–water partition coefficient (Wildman–Crippen LogP) is 2.42. The number of nitrogens with zero attached hydrogens (tertiary/aromatic N) is 6. The maximum Gasteiger partial charge on any atom is 0.275 e. The van der Waals surface area contributed by atoms with Crippen LogP contribution in [0.5, 0.6) is 0 Å². The number of amides is 1. The van der Waals surface area contributed by atoms with Gasteiger partial charge in [0, 0.05) is 25.2 Å². The number of carbonyl (C=O) groups excluding carboxylic acids is 1. The second kappa shape index (κ2) is 7.98. The molecule has 1 atom stereocenters. The number of aliphatic hydroxyl groups is 1. The van der Waals surface area contributed by atoms with Gasteiger partial charge in [0.2, 0.25) is 0 Å². The molecule has 0 radical (unpaired) electrons. The number of aromatic nitrogens is 5. The van der Waals surface area contributed by atoms with Crippen LogP contribution in [0.25, 0.3) is 5.69 Å². The number of hydrogen-bond acceptors (Lipinski definition) is 7. The summed E-state index contributed by atoms with van der Waals surface area (Å²) in [5.41, 5.74) is 0.325. The lowest BCUT2D eigenvalue weighted by molar-refractivity contribution is 0.0597. The van der Waals surface area contributed by atoms with Crippen molar-refractivity contribution in [1.29, 1.82) is 0 Å². The van der Waals surface area contributed by atoms with Crippen LogP contribution in [0.3, 0.4) is 0 Å². The standard InChI is InChI=1S/C21H26N6O3/c1-14-19(21(2,3)29)25-17(30-14)13-15-7-4-5-12-26(15)20(28)18-16(8-6-9-22-18)27-23-10-11-24-27/h6,8-11,15,29H,4-5,7,12-13H2,1-3H3. The minimum atomic E-state index is -1.08. The van der Waals surface area contributed by atoms with Gasteiger partial charge in [0.15, 0.2) is 11.6 Å². The normalized spacial score (nSPS) is 17.3. The van der Waals surface area contributed by atoms with E-state index in [2.05, 4.69) is 20.2 Å². The highest BCUT2D eigenvalue weighted by molar-refractivity contribution is 5.96. The Balaban J connectivity index is 1.60. The fourth-order valence-electron chi connectivity index (χ4n) is 3.99. The molecule has 1 N–H and O–H groups in total. The number of likely N-dealkylation sites (tertiary alicyclic amines) is 1. The van der Waals surface area contributed by atoms with Crippen LogP contribution in [0.4, 0.5) is 0 Å². The minimum absolute atomic E-state index is 0.0561. The van der Waals surface area contributed by atoms with E-state index in [-0.39, 0.29) is 11.9 Å². The van der Waals surface area contributed by atoms with Crippen molar-refractivity contribution in [3.05, 3.63) is 53.8 Å². The van der Waals surface area contributed by atoms with Gasteiger partial charge in [-0.1, -0.05) is 0 Å². The van der Waals surface area contributed by atoms with E-state index in [1.807, 2.05) is 4.90 Å². The summed E-state index contributed by atoms with van der Waals surface area (Å²) in [4.78, 5) is 25.6. The summed E-state index contributed by atoms with van der Waals surface area (Å²) in [6.07, 6.45) is 8.04. The van der Waals surface area contributed by atoms with Crippen LogP contribution in [0, 0.1) is 6.92 Å². The van der Waals surface area contributed by atoms with Gasteiger partial charge in [0.1, 0.15) is 22.7 Å². The van der Waals surface area contributed by atoms with Crippen molar-refractivity contribution in [3.8, 4) is 5.69 Å². The van der Waals surface area contributed by atoms with Gasteiger partial charge in [0.05, 0.1) is 12.4 Å². The molecule has 0 aliphatic carbocycles. The van der Waals surface area contributed by atoms with E-state index in [9.17, 15) is 9.90 Å². The molecule has 1 saturated heterocycles. The van der Waals surface area contributed by atoms with E-state index in [0.29, 0.717) is 41.7 Å². The van der Waals surface area contributed by atoms with Crippen molar-refractivity contribution in [1.82, 2.24) is 29.9 Å². The Hall–Kier alpha value is -3.07. The van der Waals surface area contributed by atoms with Crippen molar-refractivity contribution >= 4 is 5.91 Å².